The van der Waals surface area contributed by atoms with E-state index in [-0.39, 0.29) is 18.0 Å². The van der Waals surface area contributed by atoms with Gasteiger partial charge >= 0.3 is 6.18 Å². The summed E-state index contributed by atoms with van der Waals surface area (Å²) in [5, 5.41) is 2.96. The Balaban J connectivity index is 1.77. The maximum atomic E-state index is 13.7. The predicted octanol–water partition coefficient (Wildman–Crippen LogP) is 4.73. The van der Waals surface area contributed by atoms with Crippen LogP contribution >= 0.6 is 0 Å². The first-order valence-corrected chi connectivity index (χ1v) is 9.90. The zero-order valence-electron chi connectivity index (χ0n) is 16.8. The number of carbonyl (C=O) groups is 1. The molecule has 8 heteroatoms. The molecule has 0 radical (unpaired) electrons. The van der Waals surface area contributed by atoms with Crippen molar-refractivity contribution in [3.63, 3.8) is 0 Å². The normalized spacial score (nSPS) is 22.6. The van der Waals surface area contributed by atoms with Gasteiger partial charge in [-0.05, 0) is 61.7 Å². The number of alkyl halides is 3. The van der Waals surface area contributed by atoms with Crippen molar-refractivity contribution in [1.29, 1.82) is 0 Å². The van der Waals surface area contributed by atoms with E-state index in [1.807, 2.05) is 11.8 Å². The number of benzene rings is 2. The van der Waals surface area contributed by atoms with Gasteiger partial charge in [-0.3, -0.25) is 9.69 Å². The highest BCUT2D eigenvalue weighted by atomic mass is 19.4. The third-order valence-electron chi connectivity index (χ3n) is 5.95. The molecule has 2 heterocycles. The van der Waals surface area contributed by atoms with Crippen LogP contribution in [0.5, 0.6) is 0 Å². The molecule has 4 rings (SSSR count). The number of fused-ring (bicyclic) bond motifs is 1. The zero-order valence-corrected chi connectivity index (χ0v) is 16.8. The second kappa shape index (κ2) is 7.58. The first kappa shape index (κ1) is 20.7. The molecule has 1 fully saturated rings. The van der Waals surface area contributed by atoms with Crippen LogP contribution in [-0.4, -0.2) is 29.6 Å². The summed E-state index contributed by atoms with van der Waals surface area (Å²) in [6, 6.07) is 8.07. The van der Waals surface area contributed by atoms with E-state index in [0.717, 1.165) is 11.6 Å². The third kappa shape index (κ3) is 3.88. The summed E-state index contributed by atoms with van der Waals surface area (Å²) < 4.78 is 53.7. The van der Waals surface area contributed by atoms with Gasteiger partial charge in [0, 0.05) is 36.4 Å². The van der Waals surface area contributed by atoms with Gasteiger partial charge in [0.15, 0.2) is 0 Å². The number of hydrogen-bond donors (Lipinski definition) is 1. The van der Waals surface area contributed by atoms with E-state index in [1.165, 1.54) is 24.3 Å². The van der Waals surface area contributed by atoms with Crippen molar-refractivity contribution in [3.05, 3.63) is 58.9 Å². The average Bonchev–Trinajstić information content (AvgIpc) is 2.66. The summed E-state index contributed by atoms with van der Waals surface area (Å²) in [7, 11) is 0. The molecule has 1 amide bonds. The Bertz CT molecular complexity index is 975. The van der Waals surface area contributed by atoms with Gasteiger partial charge in [-0.1, -0.05) is 6.07 Å². The molecular formula is C22H23F4N3O. The number of amides is 1. The molecular weight excluding hydrogens is 398 g/mol. The van der Waals surface area contributed by atoms with E-state index < -0.39 is 17.6 Å². The molecule has 2 atom stereocenters. The van der Waals surface area contributed by atoms with E-state index in [0.29, 0.717) is 43.0 Å². The Morgan fingerprint density at radius 3 is 2.53 bits per heavy atom. The Labute approximate surface area is 172 Å². The van der Waals surface area contributed by atoms with Crippen LogP contribution in [0.1, 0.15) is 36.5 Å². The molecule has 2 aliphatic heterocycles. The number of halogens is 4. The largest absolute Gasteiger partial charge is 0.416 e. The molecule has 0 unspecified atom stereocenters. The van der Waals surface area contributed by atoms with Crippen molar-refractivity contribution >= 4 is 17.3 Å². The van der Waals surface area contributed by atoms with Gasteiger partial charge in [-0.2, -0.15) is 13.2 Å². The van der Waals surface area contributed by atoms with Gasteiger partial charge in [-0.25, -0.2) is 4.39 Å². The van der Waals surface area contributed by atoms with Crippen LogP contribution < -0.4 is 10.2 Å². The van der Waals surface area contributed by atoms with Crippen molar-refractivity contribution in [1.82, 2.24) is 10.2 Å². The number of rotatable bonds is 2. The minimum atomic E-state index is -4.45. The fourth-order valence-corrected chi connectivity index (χ4v) is 4.45. The van der Waals surface area contributed by atoms with Crippen LogP contribution in [0.2, 0.25) is 0 Å². The lowest BCUT2D eigenvalue weighted by molar-refractivity contribution is -0.137. The van der Waals surface area contributed by atoms with E-state index in [1.54, 1.807) is 13.0 Å². The van der Waals surface area contributed by atoms with Gasteiger partial charge < -0.3 is 10.2 Å². The number of piperidine rings is 1. The van der Waals surface area contributed by atoms with Crippen LogP contribution in [-0.2, 0) is 17.5 Å². The summed E-state index contributed by atoms with van der Waals surface area (Å²) in [5.74, 6) is -0.379. The lowest BCUT2D eigenvalue weighted by atomic mass is 9.95. The molecule has 1 saturated heterocycles. The van der Waals surface area contributed by atoms with Crippen LogP contribution in [0.15, 0.2) is 36.4 Å². The van der Waals surface area contributed by atoms with Crippen LogP contribution in [0.3, 0.4) is 0 Å². The zero-order chi connectivity index (χ0) is 21.6. The Kier molecular flexibility index (Phi) is 5.22. The monoisotopic (exact) mass is 421 g/mol. The maximum absolute atomic E-state index is 13.7. The molecule has 2 aromatic rings. The van der Waals surface area contributed by atoms with E-state index in [2.05, 4.69) is 10.2 Å². The average molecular weight is 421 g/mol. The highest BCUT2D eigenvalue weighted by Crippen LogP contribution is 2.40. The first-order chi connectivity index (χ1) is 14.1. The molecule has 0 aromatic heterocycles. The van der Waals surface area contributed by atoms with E-state index in [4.69, 9.17) is 0 Å². The topological polar surface area (TPSA) is 35.6 Å². The summed E-state index contributed by atoms with van der Waals surface area (Å²) in [5.41, 5.74) is 1.84. The highest BCUT2D eigenvalue weighted by Gasteiger charge is 2.37. The second-order valence-corrected chi connectivity index (χ2v) is 8.05. The molecule has 0 spiro atoms. The van der Waals surface area contributed by atoms with Gasteiger partial charge in [0.05, 0.1) is 12.2 Å². The maximum Gasteiger partial charge on any atom is 0.416 e. The van der Waals surface area contributed by atoms with Crippen molar-refractivity contribution in [2.75, 3.05) is 11.6 Å². The highest BCUT2D eigenvalue weighted by molar-refractivity contribution is 5.77. The standard InChI is InChI=1S/C22H23F4N3O/c1-13-9-17(23)5-6-18(13)29-12-28(19-7-8-21(30)27-14(19)2)11-15-3-4-16(10-20(15)29)22(24,25)26/h3-6,9-10,14,19H,7-8,11-12H2,1-2H3,(H,27,30)/t14-,19-/m0/s1. The number of anilines is 2. The molecule has 2 aromatic carbocycles. The van der Waals surface area contributed by atoms with Crippen molar-refractivity contribution < 1.29 is 22.4 Å². The lowest BCUT2D eigenvalue weighted by Gasteiger charge is -2.45. The lowest BCUT2D eigenvalue weighted by Crippen LogP contribution is -2.57. The van der Waals surface area contributed by atoms with Crippen LogP contribution in [0.4, 0.5) is 28.9 Å². The molecule has 160 valence electrons. The summed E-state index contributed by atoms with van der Waals surface area (Å²) in [6.07, 6.45) is -3.35. The van der Waals surface area contributed by atoms with Crippen molar-refractivity contribution in [3.8, 4) is 0 Å². The summed E-state index contributed by atoms with van der Waals surface area (Å²) >= 11 is 0. The molecule has 2 aliphatic rings. The fraction of sp³-hybridized carbons (Fsp3) is 0.409. The van der Waals surface area contributed by atoms with Gasteiger partial charge in [-0.15, -0.1) is 0 Å². The van der Waals surface area contributed by atoms with Crippen molar-refractivity contribution in [2.24, 2.45) is 0 Å². The molecule has 30 heavy (non-hydrogen) atoms. The number of nitrogens with one attached hydrogen (secondary N) is 1. The SMILES string of the molecule is Cc1cc(F)ccc1N1CN([C@H]2CCC(=O)N[C@H]2C)Cc2ccc(C(F)(F)F)cc21. The summed E-state index contributed by atoms with van der Waals surface area (Å²) in [4.78, 5) is 15.7. The fourth-order valence-electron chi connectivity index (χ4n) is 4.45. The molecule has 1 N–H and O–H groups in total. The third-order valence-corrected chi connectivity index (χ3v) is 5.95. The minimum absolute atomic E-state index is 0.0113. The Morgan fingerprint density at radius 2 is 1.87 bits per heavy atom. The van der Waals surface area contributed by atoms with Crippen molar-refractivity contribution in [2.45, 2.75) is 51.5 Å². The molecule has 0 aliphatic carbocycles. The van der Waals surface area contributed by atoms with Gasteiger partial charge in [0.2, 0.25) is 5.91 Å². The van der Waals surface area contributed by atoms with Gasteiger partial charge in [0.1, 0.15) is 5.82 Å². The summed E-state index contributed by atoms with van der Waals surface area (Å²) in [6.45, 7) is 4.52. The Morgan fingerprint density at radius 1 is 1.10 bits per heavy atom. The Hall–Kier alpha value is -2.61. The molecule has 0 bridgehead atoms. The van der Waals surface area contributed by atoms with Crippen LogP contribution in [0, 0.1) is 12.7 Å². The smallest absolute Gasteiger partial charge is 0.352 e. The molecule has 4 nitrogen and oxygen atoms in total. The predicted molar refractivity (Wildman–Crippen MR) is 106 cm³/mol. The number of nitrogens with zero attached hydrogens (tertiary/aromatic N) is 2. The number of hydrogen-bond acceptors (Lipinski definition) is 3. The number of aryl methyl sites for hydroxylation is 1. The van der Waals surface area contributed by atoms with Crippen LogP contribution in [0.25, 0.3) is 0 Å². The van der Waals surface area contributed by atoms with E-state index >= 15 is 0 Å². The van der Waals surface area contributed by atoms with Gasteiger partial charge in [0.25, 0.3) is 0 Å². The minimum Gasteiger partial charge on any atom is -0.352 e. The molecule has 0 saturated carbocycles. The quantitative estimate of drug-likeness (QED) is 0.712. The number of carbonyl (C=O) groups excluding carboxylic acids is 1. The van der Waals surface area contributed by atoms with E-state index in [9.17, 15) is 22.4 Å². The second-order valence-electron chi connectivity index (χ2n) is 8.05. The first-order valence-electron chi connectivity index (χ1n) is 9.90.